The van der Waals surface area contributed by atoms with Crippen molar-refractivity contribution >= 4 is 18.3 Å². The van der Waals surface area contributed by atoms with Gasteiger partial charge in [-0.25, -0.2) is 0 Å². The van der Waals surface area contributed by atoms with E-state index >= 15 is 0 Å². The van der Waals surface area contributed by atoms with Gasteiger partial charge in [0.1, 0.15) is 0 Å². The van der Waals surface area contributed by atoms with Crippen molar-refractivity contribution in [1.82, 2.24) is 10.2 Å². The molecule has 1 fully saturated rings. The van der Waals surface area contributed by atoms with Gasteiger partial charge in [-0.2, -0.15) is 0 Å². The highest BCUT2D eigenvalue weighted by atomic mass is 35.5. The van der Waals surface area contributed by atoms with Crippen molar-refractivity contribution in [2.75, 3.05) is 26.2 Å². The number of carbonyl (C=O) groups is 1. The smallest absolute Gasteiger partial charge is 0.234 e. The molecule has 0 spiro atoms. The Balaban J connectivity index is 0.00000176. The Morgan fingerprint density at radius 1 is 0.864 bits per heavy atom. The van der Waals surface area contributed by atoms with Crippen LogP contribution in [-0.4, -0.2) is 37.0 Å². The fourth-order valence-corrected chi connectivity index (χ4v) is 2.84. The molecule has 0 bridgehead atoms. The van der Waals surface area contributed by atoms with Crippen molar-refractivity contribution in [3.8, 4) is 0 Å². The van der Waals surface area contributed by atoms with E-state index in [-0.39, 0.29) is 24.2 Å². The molecule has 0 aliphatic carbocycles. The van der Waals surface area contributed by atoms with Crippen LogP contribution < -0.4 is 5.32 Å². The van der Waals surface area contributed by atoms with Gasteiger partial charge in [-0.15, -0.1) is 12.4 Å². The van der Waals surface area contributed by atoms with E-state index in [4.69, 9.17) is 0 Å². The van der Waals surface area contributed by atoms with E-state index in [0.29, 0.717) is 0 Å². The van der Waals surface area contributed by atoms with Crippen LogP contribution in [0.1, 0.15) is 17.0 Å². The van der Waals surface area contributed by atoms with Gasteiger partial charge in [0.05, 0.1) is 5.92 Å². The molecule has 3 nitrogen and oxygen atoms in total. The van der Waals surface area contributed by atoms with Gasteiger partial charge in [0.15, 0.2) is 0 Å². The number of carbonyl (C=O) groups excluding carboxylic acids is 1. The van der Waals surface area contributed by atoms with E-state index in [9.17, 15) is 4.79 Å². The molecule has 1 aliphatic heterocycles. The lowest BCUT2D eigenvalue weighted by atomic mass is 9.90. The summed E-state index contributed by atoms with van der Waals surface area (Å²) in [5.41, 5.74) is 2.12. The molecule has 1 N–H and O–H groups in total. The van der Waals surface area contributed by atoms with Crippen LogP contribution >= 0.6 is 12.4 Å². The van der Waals surface area contributed by atoms with Crippen molar-refractivity contribution < 1.29 is 4.79 Å². The largest absolute Gasteiger partial charge is 0.339 e. The third kappa shape index (κ3) is 3.67. The highest BCUT2D eigenvalue weighted by Gasteiger charge is 2.27. The molecule has 0 atom stereocenters. The second-order valence-corrected chi connectivity index (χ2v) is 5.33. The fraction of sp³-hybridized carbons (Fsp3) is 0.278. The van der Waals surface area contributed by atoms with Crippen molar-refractivity contribution in [2.24, 2.45) is 0 Å². The number of nitrogens with zero attached hydrogens (tertiary/aromatic N) is 1. The molecule has 116 valence electrons. The van der Waals surface area contributed by atoms with Gasteiger partial charge >= 0.3 is 0 Å². The van der Waals surface area contributed by atoms with E-state index in [1.54, 1.807) is 0 Å². The Hall–Kier alpha value is -1.84. The first-order valence-corrected chi connectivity index (χ1v) is 7.45. The molecule has 2 aromatic rings. The van der Waals surface area contributed by atoms with E-state index in [1.165, 1.54) is 0 Å². The van der Waals surface area contributed by atoms with Crippen LogP contribution in [0.3, 0.4) is 0 Å². The molecule has 0 unspecified atom stereocenters. The summed E-state index contributed by atoms with van der Waals surface area (Å²) in [7, 11) is 0. The maximum atomic E-state index is 13.0. The molecular formula is C18H21ClN2O. The number of amides is 1. The van der Waals surface area contributed by atoms with Gasteiger partial charge in [-0.05, 0) is 11.1 Å². The van der Waals surface area contributed by atoms with Crippen molar-refractivity contribution in [2.45, 2.75) is 5.92 Å². The monoisotopic (exact) mass is 316 g/mol. The van der Waals surface area contributed by atoms with Gasteiger partial charge in [-0.1, -0.05) is 60.7 Å². The fourth-order valence-electron chi connectivity index (χ4n) is 2.84. The number of benzene rings is 2. The first-order valence-electron chi connectivity index (χ1n) is 7.45. The highest BCUT2D eigenvalue weighted by molar-refractivity contribution is 5.87. The zero-order valence-electron chi connectivity index (χ0n) is 12.4. The van der Waals surface area contributed by atoms with Crippen LogP contribution in [0, 0.1) is 0 Å². The average Bonchev–Trinajstić information content (AvgIpc) is 2.58. The summed E-state index contributed by atoms with van der Waals surface area (Å²) < 4.78 is 0. The van der Waals surface area contributed by atoms with Crippen molar-refractivity contribution in [3.63, 3.8) is 0 Å². The van der Waals surface area contributed by atoms with E-state index in [1.807, 2.05) is 65.6 Å². The lowest BCUT2D eigenvalue weighted by molar-refractivity contribution is -0.132. The molecule has 0 saturated carbocycles. The van der Waals surface area contributed by atoms with Gasteiger partial charge in [0, 0.05) is 26.2 Å². The van der Waals surface area contributed by atoms with Crippen LogP contribution in [0.25, 0.3) is 0 Å². The molecule has 1 heterocycles. The normalized spacial score (nSPS) is 14.5. The van der Waals surface area contributed by atoms with E-state index in [2.05, 4.69) is 5.32 Å². The van der Waals surface area contributed by atoms with Gasteiger partial charge in [0.2, 0.25) is 5.91 Å². The molecular weight excluding hydrogens is 296 g/mol. The first kappa shape index (κ1) is 16.5. The van der Waals surface area contributed by atoms with E-state index < -0.39 is 0 Å². The van der Waals surface area contributed by atoms with Crippen LogP contribution in [0.2, 0.25) is 0 Å². The average molecular weight is 317 g/mol. The molecule has 1 aliphatic rings. The maximum absolute atomic E-state index is 13.0. The number of hydrogen-bond acceptors (Lipinski definition) is 2. The van der Waals surface area contributed by atoms with Gasteiger partial charge in [-0.3, -0.25) is 4.79 Å². The minimum atomic E-state index is -0.203. The molecule has 4 heteroatoms. The quantitative estimate of drug-likeness (QED) is 0.944. The number of hydrogen-bond donors (Lipinski definition) is 1. The minimum Gasteiger partial charge on any atom is -0.339 e. The minimum absolute atomic E-state index is 0. The van der Waals surface area contributed by atoms with Gasteiger partial charge < -0.3 is 10.2 Å². The van der Waals surface area contributed by atoms with Crippen LogP contribution in [0.4, 0.5) is 0 Å². The Labute approximate surface area is 137 Å². The summed E-state index contributed by atoms with van der Waals surface area (Å²) in [6.45, 7) is 3.33. The third-order valence-corrected chi connectivity index (χ3v) is 3.94. The second-order valence-electron chi connectivity index (χ2n) is 5.33. The number of piperazine rings is 1. The van der Waals surface area contributed by atoms with Crippen LogP contribution in [-0.2, 0) is 4.79 Å². The Morgan fingerprint density at radius 2 is 1.32 bits per heavy atom. The lowest BCUT2D eigenvalue weighted by Crippen LogP contribution is -2.48. The zero-order valence-corrected chi connectivity index (χ0v) is 13.3. The summed E-state index contributed by atoms with van der Waals surface area (Å²) in [4.78, 5) is 15.0. The predicted molar refractivity (Wildman–Crippen MR) is 91.4 cm³/mol. The molecule has 1 saturated heterocycles. The SMILES string of the molecule is Cl.O=C(C(c1ccccc1)c1ccccc1)N1CCNCC1. The van der Waals surface area contributed by atoms with Crippen LogP contribution in [0.15, 0.2) is 60.7 Å². The molecule has 0 aromatic heterocycles. The number of nitrogens with one attached hydrogen (secondary N) is 1. The van der Waals surface area contributed by atoms with Crippen molar-refractivity contribution in [3.05, 3.63) is 71.8 Å². The Kier molecular flexibility index (Phi) is 5.99. The standard InChI is InChI=1S/C18H20N2O.ClH/c21-18(20-13-11-19-12-14-20)17(15-7-3-1-4-8-15)16-9-5-2-6-10-16;/h1-10,17,19H,11-14H2;1H. The Bertz CT molecular complexity index is 543. The molecule has 2 aromatic carbocycles. The van der Waals surface area contributed by atoms with Gasteiger partial charge in [0.25, 0.3) is 0 Å². The predicted octanol–water partition coefficient (Wildman–Crippen LogP) is 2.67. The summed E-state index contributed by atoms with van der Waals surface area (Å²) >= 11 is 0. The number of rotatable bonds is 3. The second kappa shape index (κ2) is 7.97. The van der Waals surface area contributed by atoms with E-state index in [0.717, 1.165) is 37.3 Å². The zero-order chi connectivity index (χ0) is 14.5. The topological polar surface area (TPSA) is 32.3 Å². The highest BCUT2D eigenvalue weighted by Crippen LogP contribution is 2.26. The Morgan fingerprint density at radius 3 is 1.77 bits per heavy atom. The molecule has 0 radical (unpaired) electrons. The maximum Gasteiger partial charge on any atom is 0.234 e. The first-order chi connectivity index (χ1) is 10.4. The number of halogens is 1. The summed E-state index contributed by atoms with van der Waals surface area (Å²) in [6.07, 6.45) is 0. The third-order valence-electron chi connectivity index (χ3n) is 3.94. The molecule has 1 amide bonds. The lowest BCUT2D eigenvalue weighted by Gasteiger charge is -2.31. The summed E-state index contributed by atoms with van der Waals surface area (Å²) in [6, 6.07) is 20.1. The van der Waals surface area contributed by atoms with Crippen LogP contribution in [0.5, 0.6) is 0 Å². The van der Waals surface area contributed by atoms with Crippen molar-refractivity contribution in [1.29, 1.82) is 0 Å². The summed E-state index contributed by atoms with van der Waals surface area (Å²) in [5, 5.41) is 3.29. The molecule has 3 rings (SSSR count). The molecule has 22 heavy (non-hydrogen) atoms. The summed E-state index contributed by atoms with van der Waals surface area (Å²) in [5.74, 6) is -0.000556.